The maximum atomic E-state index is 8.86. The first kappa shape index (κ1) is 10.9. The SMILES string of the molecule is CC(C)(C)C#CCn1ccc(CO)c1. The topological polar surface area (TPSA) is 25.2 Å². The summed E-state index contributed by atoms with van der Waals surface area (Å²) in [5, 5.41) is 8.86. The third-order valence-electron chi connectivity index (χ3n) is 1.72. The van der Waals surface area contributed by atoms with Crippen molar-refractivity contribution in [3.63, 3.8) is 0 Å². The molecule has 0 aromatic carbocycles. The highest BCUT2D eigenvalue weighted by molar-refractivity contribution is 5.12. The van der Waals surface area contributed by atoms with Crippen LogP contribution in [0, 0.1) is 17.3 Å². The van der Waals surface area contributed by atoms with E-state index in [9.17, 15) is 0 Å². The quantitative estimate of drug-likeness (QED) is 0.711. The van der Waals surface area contributed by atoms with Crippen LogP contribution in [0.15, 0.2) is 18.5 Å². The van der Waals surface area contributed by atoms with Crippen molar-refractivity contribution in [3.8, 4) is 11.8 Å². The zero-order chi connectivity index (χ0) is 10.6. The van der Waals surface area contributed by atoms with Gasteiger partial charge in [0, 0.05) is 17.8 Å². The lowest BCUT2D eigenvalue weighted by Crippen LogP contribution is -2.00. The molecule has 0 atom stereocenters. The Morgan fingerprint density at radius 2 is 2.14 bits per heavy atom. The van der Waals surface area contributed by atoms with Crippen molar-refractivity contribution < 1.29 is 5.11 Å². The van der Waals surface area contributed by atoms with E-state index in [-0.39, 0.29) is 12.0 Å². The molecule has 0 amide bonds. The zero-order valence-corrected chi connectivity index (χ0v) is 9.04. The molecule has 0 bridgehead atoms. The van der Waals surface area contributed by atoms with Gasteiger partial charge in [0.25, 0.3) is 0 Å². The lowest BCUT2D eigenvalue weighted by atomic mass is 9.98. The maximum Gasteiger partial charge on any atom is 0.0831 e. The zero-order valence-electron chi connectivity index (χ0n) is 9.04. The Kier molecular flexibility index (Phi) is 3.38. The second-order valence-electron chi connectivity index (χ2n) is 4.40. The molecule has 0 fully saturated rings. The van der Waals surface area contributed by atoms with E-state index in [1.807, 2.05) is 23.0 Å². The molecule has 76 valence electrons. The van der Waals surface area contributed by atoms with Crippen LogP contribution in [0.2, 0.25) is 0 Å². The van der Waals surface area contributed by atoms with Crippen LogP contribution in [0.4, 0.5) is 0 Å². The second kappa shape index (κ2) is 4.34. The highest BCUT2D eigenvalue weighted by Gasteiger charge is 2.02. The van der Waals surface area contributed by atoms with Gasteiger partial charge in [-0.1, -0.05) is 11.8 Å². The Bertz CT molecular complexity index is 346. The minimum absolute atomic E-state index is 0.0625. The molecular weight excluding hydrogens is 174 g/mol. The molecule has 0 saturated heterocycles. The van der Waals surface area contributed by atoms with Crippen LogP contribution in [-0.2, 0) is 13.2 Å². The first-order chi connectivity index (χ1) is 6.51. The molecule has 1 aromatic rings. The van der Waals surface area contributed by atoms with Gasteiger partial charge in [0.1, 0.15) is 0 Å². The van der Waals surface area contributed by atoms with Gasteiger partial charge in [0.05, 0.1) is 13.2 Å². The average molecular weight is 191 g/mol. The summed E-state index contributed by atoms with van der Waals surface area (Å²) >= 11 is 0. The Labute approximate surface area is 85.6 Å². The summed E-state index contributed by atoms with van der Waals surface area (Å²) in [5.74, 6) is 6.27. The van der Waals surface area contributed by atoms with Crippen molar-refractivity contribution >= 4 is 0 Å². The van der Waals surface area contributed by atoms with E-state index in [1.165, 1.54) is 0 Å². The molecule has 1 N–H and O–H groups in total. The number of nitrogens with zero attached hydrogens (tertiary/aromatic N) is 1. The lowest BCUT2D eigenvalue weighted by Gasteiger charge is -2.06. The number of rotatable bonds is 2. The van der Waals surface area contributed by atoms with Crippen LogP contribution in [0.25, 0.3) is 0 Å². The third kappa shape index (κ3) is 3.68. The van der Waals surface area contributed by atoms with Crippen LogP contribution in [0.1, 0.15) is 26.3 Å². The fraction of sp³-hybridized carbons (Fsp3) is 0.500. The second-order valence-corrected chi connectivity index (χ2v) is 4.40. The Hall–Kier alpha value is -1.20. The van der Waals surface area contributed by atoms with Crippen molar-refractivity contribution in [1.82, 2.24) is 4.57 Å². The predicted octanol–water partition coefficient (Wildman–Crippen LogP) is 2.03. The predicted molar refractivity (Wildman–Crippen MR) is 57.6 cm³/mol. The number of aliphatic hydroxyl groups excluding tert-OH is 1. The summed E-state index contributed by atoms with van der Waals surface area (Å²) in [6.45, 7) is 7.06. The smallest absolute Gasteiger partial charge is 0.0831 e. The summed E-state index contributed by atoms with van der Waals surface area (Å²) in [6.07, 6.45) is 3.85. The molecule has 1 heterocycles. The van der Waals surface area contributed by atoms with E-state index in [2.05, 4.69) is 32.6 Å². The van der Waals surface area contributed by atoms with Gasteiger partial charge in [-0.3, -0.25) is 0 Å². The Morgan fingerprint density at radius 1 is 1.43 bits per heavy atom. The molecule has 0 spiro atoms. The first-order valence-electron chi connectivity index (χ1n) is 4.77. The summed E-state index contributed by atoms with van der Waals surface area (Å²) in [4.78, 5) is 0. The molecule has 0 radical (unpaired) electrons. The minimum atomic E-state index is 0.0625. The molecular formula is C12H17NO. The van der Waals surface area contributed by atoms with Gasteiger partial charge >= 0.3 is 0 Å². The van der Waals surface area contributed by atoms with Gasteiger partial charge in [-0.15, -0.1) is 0 Å². The number of aromatic nitrogens is 1. The largest absolute Gasteiger partial charge is 0.392 e. The lowest BCUT2D eigenvalue weighted by molar-refractivity contribution is 0.282. The first-order valence-corrected chi connectivity index (χ1v) is 4.77. The normalized spacial score (nSPS) is 10.9. The van der Waals surface area contributed by atoms with Crippen molar-refractivity contribution in [2.45, 2.75) is 33.9 Å². The maximum absolute atomic E-state index is 8.86. The summed E-state index contributed by atoms with van der Waals surface area (Å²) in [5.41, 5.74) is 0.995. The molecule has 1 rings (SSSR count). The highest BCUT2D eigenvalue weighted by atomic mass is 16.3. The standard InChI is InChI=1S/C12H17NO/c1-12(2,3)6-4-7-13-8-5-11(9-13)10-14/h5,8-9,14H,7,10H2,1-3H3. The van der Waals surface area contributed by atoms with Crippen molar-refractivity contribution in [2.75, 3.05) is 0 Å². The van der Waals surface area contributed by atoms with E-state index in [4.69, 9.17) is 5.11 Å². The van der Waals surface area contributed by atoms with Crippen LogP contribution in [0.5, 0.6) is 0 Å². The van der Waals surface area contributed by atoms with Crippen LogP contribution >= 0.6 is 0 Å². The van der Waals surface area contributed by atoms with E-state index in [0.717, 1.165) is 5.56 Å². The number of hydrogen-bond donors (Lipinski definition) is 1. The van der Waals surface area contributed by atoms with E-state index in [0.29, 0.717) is 6.54 Å². The van der Waals surface area contributed by atoms with Crippen molar-refractivity contribution in [3.05, 3.63) is 24.0 Å². The third-order valence-corrected chi connectivity index (χ3v) is 1.72. The molecule has 1 aromatic heterocycles. The summed E-state index contributed by atoms with van der Waals surface area (Å²) in [7, 11) is 0. The van der Waals surface area contributed by atoms with Gasteiger partial charge in [0.2, 0.25) is 0 Å². The summed E-state index contributed by atoms with van der Waals surface area (Å²) in [6, 6.07) is 1.90. The van der Waals surface area contributed by atoms with Crippen molar-refractivity contribution in [1.29, 1.82) is 0 Å². The molecule has 2 heteroatoms. The van der Waals surface area contributed by atoms with Crippen LogP contribution in [0.3, 0.4) is 0 Å². The highest BCUT2D eigenvalue weighted by Crippen LogP contribution is 2.09. The molecule has 0 aliphatic carbocycles. The van der Waals surface area contributed by atoms with E-state index in [1.54, 1.807) is 0 Å². The molecule has 2 nitrogen and oxygen atoms in total. The van der Waals surface area contributed by atoms with Crippen molar-refractivity contribution in [2.24, 2.45) is 5.41 Å². The Morgan fingerprint density at radius 3 is 2.64 bits per heavy atom. The monoisotopic (exact) mass is 191 g/mol. The van der Waals surface area contributed by atoms with Gasteiger partial charge in [-0.05, 0) is 32.4 Å². The van der Waals surface area contributed by atoms with Gasteiger partial charge in [-0.2, -0.15) is 0 Å². The Balaban J connectivity index is 2.56. The molecule has 0 unspecified atom stereocenters. The summed E-state index contributed by atoms with van der Waals surface area (Å²) < 4.78 is 1.98. The van der Waals surface area contributed by atoms with E-state index >= 15 is 0 Å². The minimum Gasteiger partial charge on any atom is -0.392 e. The number of hydrogen-bond acceptors (Lipinski definition) is 1. The van der Waals surface area contributed by atoms with Gasteiger partial charge in [0.15, 0.2) is 0 Å². The molecule has 0 saturated carbocycles. The number of aliphatic hydroxyl groups is 1. The average Bonchev–Trinajstić information content (AvgIpc) is 2.50. The molecule has 0 aliphatic heterocycles. The van der Waals surface area contributed by atoms with E-state index < -0.39 is 0 Å². The van der Waals surface area contributed by atoms with Gasteiger partial charge < -0.3 is 9.67 Å². The van der Waals surface area contributed by atoms with Gasteiger partial charge in [-0.25, -0.2) is 0 Å². The van der Waals surface area contributed by atoms with Crippen LogP contribution in [-0.4, -0.2) is 9.67 Å². The molecule has 14 heavy (non-hydrogen) atoms. The fourth-order valence-electron chi connectivity index (χ4n) is 1.08. The fourth-order valence-corrected chi connectivity index (χ4v) is 1.08. The molecule has 0 aliphatic rings. The van der Waals surface area contributed by atoms with Crippen LogP contribution < -0.4 is 0 Å².